The number of rotatable bonds is 3. The average Bonchev–Trinajstić information content (AvgIpc) is 3.86. The first kappa shape index (κ1) is 42.7. The third-order valence-corrected chi connectivity index (χ3v) is 17.9. The van der Waals surface area contributed by atoms with Crippen LogP contribution in [-0.2, 0) is 20.8 Å². The van der Waals surface area contributed by atoms with Gasteiger partial charge in [-0.3, -0.25) is 14.4 Å². The van der Waals surface area contributed by atoms with Crippen molar-refractivity contribution in [2.24, 2.45) is 51.2 Å². The second-order valence-corrected chi connectivity index (χ2v) is 20.9. The van der Waals surface area contributed by atoms with E-state index in [1.165, 1.54) is 107 Å². The Labute approximate surface area is 335 Å². The number of Topliss-reactive ketones (excluding diaryl/α,β-unsaturated/α-hetero) is 3. The van der Waals surface area contributed by atoms with Crippen LogP contribution in [-0.4, -0.2) is 39.8 Å². The van der Waals surface area contributed by atoms with Crippen LogP contribution in [0.4, 0.5) is 0 Å². The van der Waals surface area contributed by atoms with Gasteiger partial charge in [-0.1, -0.05) is 90.0 Å². The number of fused-ring (bicyclic) bond motifs is 4. The van der Waals surface area contributed by atoms with Gasteiger partial charge in [-0.15, -0.1) is 0 Å². The normalized spacial score (nSPS) is 41.7. The van der Waals surface area contributed by atoms with Crippen molar-refractivity contribution in [2.45, 2.75) is 208 Å². The Hall–Kier alpha value is -1.85. The average molecular weight is 759 g/mol. The fourth-order valence-corrected chi connectivity index (χ4v) is 13.5. The molecule has 8 fully saturated rings. The summed E-state index contributed by atoms with van der Waals surface area (Å²) in [4.78, 5) is 36.2. The summed E-state index contributed by atoms with van der Waals surface area (Å²) in [7, 11) is 0. The maximum Gasteiger partial charge on any atom is 0.139 e. The number of aryl methyl sites for hydroxylation is 3. The topological polar surface area (TPSA) is 91.7 Å². The Kier molecular flexibility index (Phi) is 13.6. The van der Waals surface area contributed by atoms with E-state index in [0.29, 0.717) is 41.0 Å². The number of aliphatic hydroxyl groups is 2. The quantitative estimate of drug-likeness (QED) is 0.320. The molecule has 0 radical (unpaired) electrons. The number of ketones is 3. The first-order valence-corrected chi connectivity index (χ1v) is 23.1. The number of hydrogen-bond donors (Lipinski definition) is 2. The van der Waals surface area contributed by atoms with E-state index < -0.39 is 0 Å². The van der Waals surface area contributed by atoms with Gasteiger partial charge in [0.05, 0.1) is 12.2 Å². The fraction of sp³-hybridized carbons (Fsp3) is 0.820. The lowest BCUT2D eigenvalue weighted by Crippen LogP contribution is -2.42. The number of carbonyl (C=O) groups excluding carboxylic acids is 3. The van der Waals surface area contributed by atoms with Crippen LogP contribution in [0, 0.1) is 65.1 Å². The lowest BCUT2D eigenvalue weighted by atomic mass is 9.62. The zero-order valence-electron chi connectivity index (χ0n) is 35.9. The minimum absolute atomic E-state index is 0.00722. The molecule has 11 atom stereocenters. The van der Waals surface area contributed by atoms with Crippen molar-refractivity contribution in [1.82, 2.24) is 0 Å². The molecule has 0 spiro atoms. The van der Waals surface area contributed by atoms with Crippen molar-refractivity contribution in [2.75, 3.05) is 0 Å². The molecule has 0 aromatic heterocycles. The van der Waals surface area contributed by atoms with Crippen LogP contribution >= 0.6 is 0 Å². The van der Waals surface area contributed by atoms with Gasteiger partial charge >= 0.3 is 0 Å². The zero-order valence-corrected chi connectivity index (χ0v) is 35.9. The van der Waals surface area contributed by atoms with E-state index >= 15 is 0 Å². The van der Waals surface area contributed by atoms with E-state index in [-0.39, 0.29) is 34.9 Å². The molecule has 0 unspecified atom stereocenters. The van der Waals surface area contributed by atoms with Crippen LogP contribution in [0.3, 0.4) is 0 Å². The van der Waals surface area contributed by atoms with Crippen LogP contribution in [0.2, 0.25) is 0 Å². The van der Waals surface area contributed by atoms with Gasteiger partial charge in [0.1, 0.15) is 17.3 Å². The van der Waals surface area contributed by atoms with Crippen LogP contribution in [0.15, 0.2) is 18.2 Å². The van der Waals surface area contributed by atoms with E-state index in [1.54, 1.807) is 0 Å². The molecule has 0 heterocycles. The number of hydrogen-bond acceptors (Lipinski definition) is 5. The van der Waals surface area contributed by atoms with E-state index in [9.17, 15) is 24.6 Å². The predicted octanol–water partition coefficient (Wildman–Crippen LogP) is 11.4. The molecule has 2 N–H and O–H groups in total. The predicted molar refractivity (Wildman–Crippen MR) is 223 cm³/mol. The van der Waals surface area contributed by atoms with Crippen molar-refractivity contribution in [3.63, 3.8) is 0 Å². The second-order valence-electron chi connectivity index (χ2n) is 20.9. The summed E-state index contributed by atoms with van der Waals surface area (Å²) in [5.41, 5.74) is 4.43. The highest BCUT2D eigenvalue weighted by Gasteiger charge is 2.53. The number of benzene rings is 1. The third-order valence-electron chi connectivity index (χ3n) is 17.9. The molecule has 308 valence electrons. The fourth-order valence-electron chi connectivity index (χ4n) is 13.5. The highest BCUT2D eigenvalue weighted by atomic mass is 16.3. The molecular weight excluding hydrogens is 681 g/mol. The van der Waals surface area contributed by atoms with Crippen molar-refractivity contribution >= 4 is 17.3 Å². The van der Waals surface area contributed by atoms with E-state index in [4.69, 9.17) is 0 Å². The summed E-state index contributed by atoms with van der Waals surface area (Å²) in [5, 5.41) is 19.6. The SMILES string of the molecule is C[C@@]12CCCC[C@H]1CC[C@H]2O.C[C@]12CCCC[C@@H]1CCC2=O.C[C@]12CCCC[C@@H]1CC[C@@H]2O.Cc1ccc(C)c(CC[C@@H]2C(=O)CC[C@]3(C)C(=O)CC[C@@H]23)c1. The Morgan fingerprint density at radius 3 is 1.71 bits per heavy atom. The second kappa shape index (κ2) is 17.6. The lowest BCUT2D eigenvalue weighted by molar-refractivity contribution is -0.136. The third kappa shape index (κ3) is 8.79. The van der Waals surface area contributed by atoms with Crippen molar-refractivity contribution < 1.29 is 24.6 Å². The first-order valence-electron chi connectivity index (χ1n) is 23.1. The lowest BCUT2D eigenvalue weighted by Gasteiger charge is -2.39. The molecule has 8 aliphatic rings. The monoisotopic (exact) mass is 759 g/mol. The van der Waals surface area contributed by atoms with Gasteiger partial charge < -0.3 is 10.2 Å². The van der Waals surface area contributed by atoms with Crippen molar-refractivity contribution in [1.29, 1.82) is 0 Å². The van der Waals surface area contributed by atoms with Gasteiger partial charge in [-0.25, -0.2) is 0 Å². The van der Waals surface area contributed by atoms with Crippen LogP contribution in [0.1, 0.15) is 192 Å². The summed E-state index contributed by atoms with van der Waals surface area (Å²) in [6, 6.07) is 6.54. The maximum atomic E-state index is 12.4. The van der Waals surface area contributed by atoms with Crippen molar-refractivity contribution in [3.05, 3.63) is 34.9 Å². The van der Waals surface area contributed by atoms with Gasteiger partial charge in [0.15, 0.2) is 0 Å². The van der Waals surface area contributed by atoms with Gasteiger partial charge in [-0.05, 0) is 156 Å². The van der Waals surface area contributed by atoms with Crippen molar-refractivity contribution in [3.8, 4) is 0 Å². The summed E-state index contributed by atoms with van der Waals surface area (Å²) < 4.78 is 0. The Morgan fingerprint density at radius 1 is 0.582 bits per heavy atom. The molecule has 1 aromatic carbocycles. The van der Waals surface area contributed by atoms with Crippen LogP contribution < -0.4 is 0 Å². The standard InChI is InChI=1S/C20H26O2.2C10H18O.C10H16O/c1-13-4-5-14(2)15(12-13)6-7-16-17-8-9-19(22)20(17,3)11-10-18(16)21;3*1-10-7-3-2-4-8(10)5-6-9(10)11/h4-5,12,16-17H,6-11H2,1-3H3;2*8-9,11H,2-7H2,1H3;8H,2-7H2,1H3/t16-,17-,20-;2*8-,9+,10+;8-,10+/m0101/s1. The van der Waals surface area contributed by atoms with E-state index in [0.717, 1.165) is 69.1 Å². The van der Waals surface area contributed by atoms with E-state index in [1.807, 2.05) is 0 Å². The highest BCUT2D eigenvalue weighted by Crippen LogP contribution is 2.54. The molecular formula is C50H78O5. The minimum Gasteiger partial charge on any atom is -0.393 e. The Bertz CT molecular complexity index is 1480. The first-order chi connectivity index (χ1) is 26.1. The maximum absolute atomic E-state index is 12.4. The molecule has 8 aliphatic carbocycles. The molecule has 0 saturated heterocycles. The van der Waals surface area contributed by atoms with Gasteiger partial charge in [0, 0.05) is 36.0 Å². The van der Waals surface area contributed by atoms with Gasteiger partial charge in [0.2, 0.25) is 0 Å². The minimum atomic E-state index is -0.222. The summed E-state index contributed by atoms with van der Waals surface area (Å²) in [6.45, 7) is 13.1. The Morgan fingerprint density at radius 2 is 1.13 bits per heavy atom. The molecule has 55 heavy (non-hydrogen) atoms. The molecule has 0 bridgehead atoms. The van der Waals surface area contributed by atoms with Crippen LogP contribution in [0.25, 0.3) is 0 Å². The van der Waals surface area contributed by atoms with Crippen LogP contribution in [0.5, 0.6) is 0 Å². The summed E-state index contributed by atoms with van der Waals surface area (Å²) in [6.07, 6.45) is 27.4. The molecule has 8 saturated carbocycles. The summed E-state index contributed by atoms with van der Waals surface area (Å²) >= 11 is 0. The van der Waals surface area contributed by atoms with Gasteiger partial charge in [0.25, 0.3) is 0 Å². The zero-order chi connectivity index (χ0) is 39.6. The molecule has 5 nitrogen and oxygen atoms in total. The molecule has 5 heteroatoms. The number of aliphatic hydroxyl groups excluding tert-OH is 2. The largest absolute Gasteiger partial charge is 0.393 e. The molecule has 0 aliphatic heterocycles. The Balaban J connectivity index is 0.000000132. The smallest absolute Gasteiger partial charge is 0.139 e. The molecule has 0 amide bonds. The molecule has 1 aromatic rings. The highest BCUT2D eigenvalue weighted by molar-refractivity contribution is 5.92. The van der Waals surface area contributed by atoms with Gasteiger partial charge in [-0.2, -0.15) is 0 Å². The van der Waals surface area contributed by atoms with E-state index in [2.05, 4.69) is 59.7 Å². The molecule has 9 rings (SSSR count). The number of carbonyl (C=O) groups is 3. The summed E-state index contributed by atoms with van der Waals surface area (Å²) in [5.74, 6) is 4.11.